The molecule has 6 rings (SSSR count). The van der Waals surface area contributed by atoms with Gasteiger partial charge in [0.2, 0.25) is 11.8 Å². The van der Waals surface area contributed by atoms with Gasteiger partial charge in [0.1, 0.15) is 18.3 Å². The van der Waals surface area contributed by atoms with Crippen LogP contribution in [0.25, 0.3) is 11.0 Å². The van der Waals surface area contributed by atoms with Crippen LogP contribution in [0.2, 0.25) is 0 Å². The van der Waals surface area contributed by atoms with Gasteiger partial charge in [-0.2, -0.15) is 12.7 Å². The van der Waals surface area contributed by atoms with Gasteiger partial charge in [-0.3, -0.25) is 14.4 Å². The number of alkyl halides is 1. The van der Waals surface area contributed by atoms with Gasteiger partial charge in [-0.1, -0.05) is 38.5 Å². The normalized spacial score (nSPS) is 26.0. The van der Waals surface area contributed by atoms with E-state index in [0.717, 1.165) is 57.8 Å². The zero-order chi connectivity index (χ0) is 35.4. The highest BCUT2D eigenvalue weighted by molar-refractivity contribution is 7.87. The molecule has 4 aliphatic rings. The topological polar surface area (TPSA) is 178 Å². The Hall–Kier alpha value is -3.72. The molecule has 1 aromatic carbocycles. The second-order valence-corrected chi connectivity index (χ2v) is 16.1. The molecule has 2 aliphatic heterocycles. The lowest BCUT2D eigenvalue weighted by atomic mass is 9.76. The van der Waals surface area contributed by atoms with Crippen LogP contribution in [-0.4, -0.2) is 84.9 Å². The molecule has 2 aliphatic carbocycles. The van der Waals surface area contributed by atoms with Gasteiger partial charge in [0.15, 0.2) is 5.76 Å². The first-order chi connectivity index (χ1) is 24.0. The van der Waals surface area contributed by atoms with Crippen molar-refractivity contribution in [3.63, 3.8) is 0 Å². The third kappa shape index (κ3) is 8.09. The number of furan rings is 1. The number of carboxylic acid groups (broad SMARTS) is 1. The van der Waals surface area contributed by atoms with Gasteiger partial charge < -0.3 is 25.1 Å². The van der Waals surface area contributed by atoms with Crippen LogP contribution < -0.4 is 15.4 Å². The van der Waals surface area contributed by atoms with Crippen LogP contribution in [0.3, 0.4) is 0 Å². The van der Waals surface area contributed by atoms with Crippen LogP contribution in [0.15, 0.2) is 28.7 Å². The number of halogens is 1. The van der Waals surface area contributed by atoms with Crippen LogP contribution in [0.4, 0.5) is 14.9 Å². The number of amides is 4. The van der Waals surface area contributed by atoms with E-state index in [0.29, 0.717) is 67.9 Å². The molecule has 4 fully saturated rings. The zero-order valence-electron chi connectivity index (χ0n) is 28.3. The molecule has 3 atom stereocenters. The fraction of sp³-hybridized carbons (Fsp3) is 0.657. The Balaban J connectivity index is 1.15. The summed E-state index contributed by atoms with van der Waals surface area (Å²) < 4.78 is 48.1. The molecular weight excluding hydrogens is 669 g/mol. The second kappa shape index (κ2) is 15.7. The molecule has 2 saturated carbocycles. The van der Waals surface area contributed by atoms with E-state index >= 15 is 0 Å². The molecule has 2 saturated heterocycles. The summed E-state index contributed by atoms with van der Waals surface area (Å²) in [5.74, 6) is -1.55. The van der Waals surface area contributed by atoms with E-state index in [9.17, 15) is 32.0 Å². The van der Waals surface area contributed by atoms with Crippen molar-refractivity contribution < 1.29 is 41.5 Å². The summed E-state index contributed by atoms with van der Waals surface area (Å²) in [4.78, 5) is 53.9. The summed E-state index contributed by atoms with van der Waals surface area (Å²) in [6.07, 6.45) is 9.34. The number of carbonyl (C=O) groups excluding carboxylic acids is 3. The highest BCUT2D eigenvalue weighted by Crippen LogP contribution is 2.41. The summed E-state index contributed by atoms with van der Waals surface area (Å²) in [6, 6.07) is 4.92. The lowest BCUT2D eigenvalue weighted by Gasteiger charge is -2.37. The van der Waals surface area contributed by atoms with E-state index in [1.807, 2.05) is 0 Å². The minimum absolute atomic E-state index is 0.0149. The summed E-state index contributed by atoms with van der Waals surface area (Å²) in [5, 5.41) is 14.9. The molecule has 4 amide bonds. The van der Waals surface area contributed by atoms with Crippen molar-refractivity contribution in [1.29, 1.82) is 0 Å². The van der Waals surface area contributed by atoms with Crippen molar-refractivity contribution in [3.05, 3.63) is 30.0 Å². The molecule has 3 heterocycles. The Morgan fingerprint density at radius 3 is 2.28 bits per heavy atom. The van der Waals surface area contributed by atoms with Crippen molar-refractivity contribution in [1.82, 2.24) is 19.2 Å². The van der Waals surface area contributed by atoms with Crippen LogP contribution in [0.1, 0.15) is 94.0 Å². The number of fused-ring (bicyclic) bond motifs is 1. The van der Waals surface area contributed by atoms with E-state index in [1.165, 1.54) is 10.4 Å². The summed E-state index contributed by atoms with van der Waals surface area (Å²) in [5.41, 5.74) is 0.812. The maximum atomic E-state index is 14.1. The number of nitrogens with zero attached hydrogens (tertiary/aromatic N) is 2. The molecule has 274 valence electrons. The Morgan fingerprint density at radius 2 is 1.60 bits per heavy atom. The fourth-order valence-electron chi connectivity index (χ4n) is 8.69. The molecular formula is C35H48FN5O8S. The minimum atomic E-state index is -4.00. The predicted molar refractivity (Wildman–Crippen MR) is 183 cm³/mol. The van der Waals surface area contributed by atoms with E-state index in [2.05, 4.69) is 15.4 Å². The average Bonchev–Trinajstić information content (AvgIpc) is 3.76. The Bertz CT molecular complexity index is 1660. The Labute approximate surface area is 291 Å². The first-order valence-electron chi connectivity index (χ1n) is 18.1. The van der Waals surface area contributed by atoms with Crippen molar-refractivity contribution in [2.45, 2.75) is 95.6 Å². The SMILES string of the molecule is O=C(O)N[C@H](CF)C1CCC(C(=O)N2CC[C@@H](C3CCCCC3)[C@H]2C(=O)Nc2ccc3oc(C(=O)NS(=O)(=O)N4CCCCC4)cc3c2)CC1. The van der Waals surface area contributed by atoms with Crippen LogP contribution in [0.5, 0.6) is 0 Å². The third-order valence-corrected chi connectivity index (χ3v) is 12.8. The van der Waals surface area contributed by atoms with Gasteiger partial charge in [-0.15, -0.1) is 0 Å². The van der Waals surface area contributed by atoms with Crippen molar-refractivity contribution in [2.24, 2.45) is 23.7 Å². The maximum absolute atomic E-state index is 14.1. The van der Waals surface area contributed by atoms with Crippen molar-refractivity contribution >= 4 is 50.7 Å². The molecule has 0 spiro atoms. The van der Waals surface area contributed by atoms with E-state index in [4.69, 9.17) is 9.52 Å². The smallest absolute Gasteiger partial charge is 0.404 e. The van der Waals surface area contributed by atoms with E-state index in [-0.39, 0.29) is 35.3 Å². The standard InChI is InChI=1S/C35H48FN5O8S/c36-21-28(38-35(45)46)23-9-11-24(12-10-23)34(44)41-18-15-27(22-7-3-1-4-8-22)31(41)33(43)37-26-13-14-29-25(19-26)20-30(49-29)32(42)39-50(47,48)40-16-5-2-6-17-40/h13-14,19-20,22-24,27-28,31,38H,1-12,15-18,21H2,(H,37,43)(H,39,42)(H,45,46)/t23?,24?,27-,28+,31-/m0/s1. The van der Waals surface area contributed by atoms with E-state index in [1.54, 1.807) is 23.1 Å². The van der Waals surface area contributed by atoms with Gasteiger partial charge in [-0.25, -0.2) is 13.9 Å². The number of carbonyl (C=O) groups is 4. The molecule has 0 radical (unpaired) electrons. The fourth-order valence-corrected chi connectivity index (χ4v) is 9.89. The number of nitrogens with one attached hydrogen (secondary N) is 3. The highest BCUT2D eigenvalue weighted by Gasteiger charge is 2.47. The summed E-state index contributed by atoms with van der Waals surface area (Å²) >= 11 is 0. The molecule has 50 heavy (non-hydrogen) atoms. The molecule has 0 bridgehead atoms. The van der Waals surface area contributed by atoms with Crippen LogP contribution in [0, 0.1) is 23.7 Å². The molecule has 2 aromatic rings. The molecule has 4 N–H and O–H groups in total. The first-order valence-corrected chi connectivity index (χ1v) is 19.5. The molecule has 0 unspecified atom stereocenters. The molecule has 1 aromatic heterocycles. The predicted octanol–water partition coefficient (Wildman–Crippen LogP) is 5.04. The number of anilines is 1. The Morgan fingerprint density at radius 1 is 0.900 bits per heavy atom. The molecule has 15 heteroatoms. The van der Waals surface area contributed by atoms with Gasteiger partial charge in [0.05, 0.1) is 6.04 Å². The number of rotatable bonds is 10. The lowest BCUT2D eigenvalue weighted by molar-refractivity contribution is -0.142. The summed E-state index contributed by atoms with van der Waals surface area (Å²) in [6.45, 7) is 0.384. The number of likely N-dealkylation sites (tertiary alicyclic amines) is 1. The van der Waals surface area contributed by atoms with Crippen molar-refractivity contribution in [3.8, 4) is 0 Å². The Kier molecular flexibility index (Phi) is 11.3. The lowest BCUT2D eigenvalue weighted by Crippen LogP contribution is -2.50. The largest absolute Gasteiger partial charge is 0.465 e. The van der Waals surface area contributed by atoms with E-state index < -0.39 is 41.0 Å². The number of piperidine rings is 1. The van der Waals surface area contributed by atoms with Crippen LogP contribution >= 0.6 is 0 Å². The van der Waals surface area contributed by atoms with Gasteiger partial charge in [0.25, 0.3) is 0 Å². The highest BCUT2D eigenvalue weighted by atomic mass is 32.2. The second-order valence-electron chi connectivity index (χ2n) is 14.4. The quantitative estimate of drug-likeness (QED) is 0.264. The monoisotopic (exact) mass is 717 g/mol. The average molecular weight is 718 g/mol. The summed E-state index contributed by atoms with van der Waals surface area (Å²) in [7, 11) is -4.00. The number of hydrogen-bond acceptors (Lipinski definition) is 7. The maximum Gasteiger partial charge on any atom is 0.404 e. The van der Waals surface area contributed by atoms with Gasteiger partial charge in [-0.05, 0) is 87.0 Å². The zero-order valence-corrected chi connectivity index (χ0v) is 29.1. The number of benzene rings is 1. The van der Waals surface area contributed by atoms with Crippen molar-refractivity contribution in [2.75, 3.05) is 31.6 Å². The minimum Gasteiger partial charge on any atom is -0.465 e. The number of hydrogen-bond donors (Lipinski definition) is 4. The van der Waals surface area contributed by atoms with Crippen LogP contribution in [-0.2, 0) is 19.8 Å². The third-order valence-electron chi connectivity index (χ3n) is 11.3. The molecule has 13 nitrogen and oxygen atoms in total. The first kappa shape index (κ1) is 36.1. The van der Waals surface area contributed by atoms with Gasteiger partial charge >= 0.3 is 22.2 Å². The van der Waals surface area contributed by atoms with Gasteiger partial charge in [0, 0.05) is 36.6 Å².